The molecule has 0 fully saturated rings. The average molecular weight is 278 g/mol. The molecule has 1 atom stereocenters. The first-order valence-corrected chi connectivity index (χ1v) is 5.91. The highest BCUT2D eigenvalue weighted by Crippen LogP contribution is 2.24. The number of aromatic nitrogens is 1. The minimum absolute atomic E-state index is 0.345. The summed E-state index contributed by atoms with van der Waals surface area (Å²) in [5.41, 5.74) is 1.18. The molecule has 1 heterocycles. The van der Waals surface area contributed by atoms with E-state index in [2.05, 4.69) is 33.2 Å². The molecule has 1 aromatic heterocycles. The summed E-state index contributed by atoms with van der Waals surface area (Å²) in [7, 11) is 0. The zero-order valence-electron chi connectivity index (χ0n) is 8.35. The average Bonchev–Trinajstić information content (AvgIpc) is 2.13. The Morgan fingerprint density at radius 1 is 1.64 bits per heavy atom. The summed E-state index contributed by atoms with van der Waals surface area (Å²) in [6, 6.07) is 2.32. The molecular formula is C10H14BrClN2. The van der Waals surface area contributed by atoms with Crippen molar-refractivity contribution in [1.29, 1.82) is 0 Å². The lowest BCUT2D eigenvalue weighted by molar-refractivity contribution is 0.763. The number of halogens is 2. The van der Waals surface area contributed by atoms with E-state index in [4.69, 9.17) is 11.6 Å². The fourth-order valence-corrected chi connectivity index (χ4v) is 1.79. The highest BCUT2D eigenvalue weighted by molar-refractivity contribution is 9.10. The molecule has 1 unspecified atom stereocenters. The molecule has 2 nitrogen and oxygen atoms in total. The molecule has 0 saturated heterocycles. The van der Waals surface area contributed by atoms with Crippen molar-refractivity contribution in [2.24, 2.45) is 0 Å². The SMILES string of the molecule is Cc1ccnc(NC(C)CCCl)c1Br. The van der Waals surface area contributed by atoms with Gasteiger partial charge >= 0.3 is 0 Å². The third-order valence-corrected chi connectivity index (χ3v) is 3.23. The normalized spacial score (nSPS) is 12.6. The van der Waals surface area contributed by atoms with E-state index in [1.807, 2.05) is 13.0 Å². The lowest BCUT2D eigenvalue weighted by atomic mass is 10.2. The maximum Gasteiger partial charge on any atom is 0.140 e. The molecule has 0 aliphatic carbocycles. The van der Waals surface area contributed by atoms with Gasteiger partial charge < -0.3 is 5.32 Å². The Morgan fingerprint density at radius 2 is 2.36 bits per heavy atom. The van der Waals surface area contributed by atoms with E-state index in [1.165, 1.54) is 5.56 Å². The van der Waals surface area contributed by atoms with Crippen molar-refractivity contribution in [2.75, 3.05) is 11.2 Å². The van der Waals surface area contributed by atoms with Gasteiger partial charge in [0.05, 0.1) is 4.47 Å². The minimum atomic E-state index is 0.345. The van der Waals surface area contributed by atoms with Crippen molar-refractivity contribution in [2.45, 2.75) is 26.3 Å². The number of alkyl halides is 1. The summed E-state index contributed by atoms with van der Waals surface area (Å²) < 4.78 is 1.03. The van der Waals surface area contributed by atoms with Crippen molar-refractivity contribution in [3.63, 3.8) is 0 Å². The van der Waals surface area contributed by atoms with E-state index in [1.54, 1.807) is 6.20 Å². The largest absolute Gasteiger partial charge is 0.367 e. The number of aryl methyl sites for hydroxylation is 1. The van der Waals surface area contributed by atoms with Crippen molar-refractivity contribution in [1.82, 2.24) is 4.98 Å². The molecule has 0 amide bonds. The Balaban J connectivity index is 2.71. The van der Waals surface area contributed by atoms with Crippen LogP contribution in [0, 0.1) is 6.92 Å². The van der Waals surface area contributed by atoms with Gasteiger partial charge in [-0.05, 0) is 47.8 Å². The van der Waals surface area contributed by atoms with Crippen LogP contribution in [0.1, 0.15) is 18.9 Å². The predicted octanol–water partition coefficient (Wildman–Crippen LogP) is 3.58. The topological polar surface area (TPSA) is 24.9 Å². The highest BCUT2D eigenvalue weighted by atomic mass is 79.9. The Bertz CT molecular complexity index is 304. The summed E-state index contributed by atoms with van der Waals surface area (Å²) in [5.74, 6) is 1.56. The zero-order valence-corrected chi connectivity index (χ0v) is 10.7. The molecular weight excluding hydrogens is 263 g/mol. The van der Waals surface area contributed by atoms with Crippen LogP contribution >= 0.6 is 27.5 Å². The van der Waals surface area contributed by atoms with Gasteiger partial charge in [0.2, 0.25) is 0 Å². The molecule has 1 rings (SSSR count). The van der Waals surface area contributed by atoms with Crippen LogP contribution in [-0.2, 0) is 0 Å². The highest BCUT2D eigenvalue weighted by Gasteiger charge is 2.06. The van der Waals surface area contributed by atoms with Crippen LogP contribution in [0.2, 0.25) is 0 Å². The number of rotatable bonds is 4. The van der Waals surface area contributed by atoms with E-state index in [-0.39, 0.29) is 0 Å². The zero-order chi connectivity index (χ0) is 10.6. The van der Waals surface area contributed by atoms with Crippen molar-refractivity contribution in [3.05, 3.63) is 22.3 Å². The van der Waals surface area contributed by atoms with Gasteiger partial charge in [-0.3, -0.25) is 0 Å². The van der Waals surface area contributed by atoms with Crippen LogP contribution in [0.25, 0.3) is 0 Å². The second kappa shape index (κ2) is 5.56. The van der Waals surface area contributed by atoms with E-state index < -0.39 is 0 Å². The molecule has 0 bridgehead atoms. The monoisotopic (exact) mass is 276 g/mol. The van der Waals surface area contributed by atoms with Crippen LogP contribution in [0.15, 0.2) is 16.7 Å². The molecule has 0 saturated carbocycles. The Labute approximate surface area is 98.2 Å². The van der Waals surface area contributed by atoms with Gasteiger partial charge in [0.1, 0.15) is 5.82 Å². The molecule has 4 heteroatoms. The van der Waals surface area contributed by atoms with E-state index in [0.717, 1.165) is 16.7 Å². The number of nitrogens with zero attached hydrogens (tertiary/aromatic N) is 1. The van der Waals surface area contributed by atoms with E-state index in [9.17, 15) is 0 Å². The first-order chi connectivity index (χ1) is 6.65. The number of anilines is 1. The van der Waals surface area contributed by atoms with E-state index >= 15 is 0 Å². The Kier molecular flexibility index (Phi) is 4.69. The van der Waals surface area contributed by atoms with Gasteiger partial charge in [-0.1, -0.05) is 0 Å². The first kappa shape index (κ1) is 11.8. The standard InChI is InChI=1S/C10H14BrClN2/c1-7-4-6-13-10(9(7)11)14-8(2)3-5-12/h4,6,8H,3,5H2,1-2H3,(H,13,14). The molecule has 0 aromatic carbocycles. The summed E-state index contributed by atoms with van der Waals surface area (Å²) in [5, 5.41) is 3.31. The Hall–Kier alpha value is -0.280. The fraction of sp³-hybridized carbons (Fsp3) is 0.500. The molecule has 0 aliphatic rings. The van der Waals surface area contributed by atoms with Crippen LogP contribution in [0.5, 0.6) is 0 Å². The van der Waals surface area contributed by atoms with Gasteiger partial charge in [0, 0.05) is 18.1 Å². The first-order valence-electron chi connectivity index (χ1n) is 4.58. The number of hydrogen-bond donors (Lipinski definition) is 1. The minimum Gasteiger partial charge on any atom is -0.367 e. The van der Waals surface area contributed by atoms with Crippen LogP contribution in [-0.4, -0.2) is 16.9 Å². The smallest absolute Gasteiger partial charge is 0.140 e. The predicted molar refractivity (Wildman–Crippen MR) is 65.1 cm³/mol. The maximum atomic E-state index is 5.66. The molecule has 78 valence electrons. The van der Waals surface area contributed by atoms with Crippen LogP contribution < -0.4 is 5.32 Å². The third-order valence-electron chi connectivity index (χ3n) is 2.01. The lowest BCUT2D eigenvalue weighted by Gasteiger charge is -2.14. The van der Waals surface area contributed by atoms with Crippen LogP contribution in [0.3, 0.4) is 0 Å². The Morgan fingerprint density at radius 3 is 3.00 bits per heavy atom. The van der Waals surface area contributed by atoms with Gasteiger partial charge in [-0.25, -0.2) is 4.98 Å². The third kappa shape index (κ3) is 3.14. The molecule has 0 aliphatic heterocycles. The molecule has 1 N–H and O–H groups in total. The van der Waals surface area contributed by atoms with Crippen molar-refractivity contribution < 1.29 is 0 Å². The molecule has 0 spiro atoms. The maximum absolute atomic E-state index is 5.66. The molecule has 14 heavy (non-hydrogen) atoms. The number of nitrogens with one attached hydrogen (secondary N) is 1. The fourth-order valence-electron chi connectivity index (χ4n) is 1.11. The lowest BCUT2D eigenvalue weighted by Crippen LogP contribution is -2.16. The van der Waals surface area contributed by atoms with Crippen molar-refractivity contribution >= 4 is 33.3 Å². The summed E-state index contributed by atoms with van der Waals surface area (Å²) in [4.78, 5) is 4.26. The van der Waals surface area contributed by atoms with E-state index in [0.29, 0.717) is 11.9 Å². The van der Waals surface area contributed by atoms with Crippen molar-refractivity contribution in [3.8, 4) is 0 Å². The number of pyridine rings is 1. The summed E-state index contributed by atoms with van der Waals surface area (Å²) in [6.07, 6.45) is 2.74. The second-order valence-electron chi connectivity index (χ2n) is 3.31. The molecule has 1 aromatic rings. The van der Waals surface area contributed by atoms with Gasteiger partial charge in [-0.15, -0.1) is 11.6 Å². The van der Waals surface area contributed by atoms with Crippen LogP contribution in [0.4, 0.5) is 5.82 Å². The summed E-state index contributed by atoms with van der Waals surface area (Å²) >= 11 is 9.16. The van der Waals surface area contributed by atoms with Gasteiger partial charge in [-0.2, -0.15) is 0 Å². The molecule has 0 radical (unpaired) electrons. The second-order valence-corrected chi connectivity index (χ2v) is 4.48. The quantitative estimate of drug-likeness (QED) is 0.851. The van der Waals surface area contributed by atoms with Gasteiger partial charge in [0.25, 0.3) is 0 Å². The number of hydrogen-bond acceptors (Lipinski definition) is 2. The summed E-state index contributed by atoms with van der Waals surface area (Å²) in [6.45, 7) is 4.14. The van der Waals surface area contributed by atoms with Gasteiger partial charge in [0.15, 0.2) is 0 Å².